The maximum atomic E-state index is 12.6. The van der Waals surface area contributed by atoms with Gasteiger partial charge in [0.15, 0.2) is 17.3 Å². The van der Waals surface area contributed by atoms with Crippen molar-refractivity contribution in [2.45, 2.75) is 0 Å². The fourth-order valence-corrected chi connectivity index (χ4v) is 4.91. The van der Waals surface area contributed by atoms with Crippen LogP contribution < -0.4 is 9.47 Å². The normalized spacial score (nSPS) is 13.3. The van der Waals surface area contributed by atoms with E-state index < -0.39 is 0 Å². The zero-order chi connectivity index (χ0) is 14.3. The summed E-state index contributed by atoms with van der Waals surface area (Å²) in [6.45, 7) is 0.954. The maximum Gasteiger partial charge on any atom is 0.196 e. The number of thiophene rings is 1. The molecule has 0 saturated heterocycles. The van der Waals surface area contributed by atoms with Gasteiger partial charge >= 0.3 is 0 Å². The topological polar surface area (TPSA) is 35.5 Å². The minimum atomic E-state index is -0.152. The number of ketones is 1. The van der Waals surface area contributed by atoms with Crippen LogP contribution in [0, 0.1) is 0 Å². The number of hydrogen-bond donors (Lipinski definition) is 0. The van der Waals surface area contributed by atoms with Crippen molar-refractivity contribution in [1.29, 1.82) is 0 Å². The van der Waals surface area contributed by atoms with Gasteiger partial charge in [0.2, 0.25) is 0 Å². The summed E-state index contributed by atoms with van der Waals surface area (Å²) in [6.07, 6.45) is 0. The van der Waals surface area contributed by atoms with Crippen molar-refractivity contribution in [2.75, 3.05) is 13.2 Å². The zero-order valence-electron chi connectivity index (χ0n) is 9.91. The molecule has 3 nitrogen and oxygen atoms in total. The van der Waals surface area contributed by atoms with Crippen LogP contribution in [-0.4, -0.2) is 19.0 Å². The third kappa shape index (κ3) is 2.62. The number of benzene rings is 1. The first-order chi connectivity index (χ1) is 9.56. The molecule has 0 unspecified atom stereocenters. The standard InChI is InChI=1S/C13H7Br2ClO3S/c14-11-4-7(13(15)20-11)12(17)6-3-9-10(5-8(6)16)19-2-1-18-9/h3-5H,1-2H2. The third-order valence-corrected chi connectivity index (χ3v) is 5.43. The van der Waals surface area contributed by atoms with E-state index in [-0.39, 0.29) is 5.78 Å². The molecule has 1 aliphatic heterocycles. The number of hydrogen-bond acceptors (Lipinski definition) is 4. The molecule has 2 aromatic rings. The molecule has 20 heavy (non-hydrogen) atoms. The summed E-state index contributed by atoms with van der Waals surface area (Å²) in [5.74, 6) is 0.971. The van der Waals surface area contributed by atoms with E-state index in [9.17, 15) is 4.79 Å². The lowest BCUT2D eigenvalue weighted by Crippen LogP contribution is -2.16. The van der Waals surface area contributed by atoms with Crippen molar-refractivity contribution in [1.82, 2.24) is 0 Å². The first-order valence-corrected chi connectivity index (χ1v) is 8.43. The summed E-state index contributed by atoms with van der Waals surface area (Å²) in [5.41, 5.74) is 0.974. The van der Waals surface area contributed by atoms with Gasteiger partial charge in [0.05, 0.1) is 12.6 Å². The monoisotopic (exact) mass is 436 g/mol. The molecule has 0 spiro atoms. The van der Waals surface area contributed by atoms with Gasteiger partial charge in [-0.1, -0.05) is 11.6 Å². The molecule has 0 amide bonds. The average molecular weight is 439 g/mol. The summed E-state index contributed by atoms with van der Waals surface area (Å²) in [4.78, 5) is 12.6. The molecule has 0 bridgehead atoms. The van der Waals surface area contributed by atoms with Gasteiger partial charge in [-0.25, -0.2) is 0 Å². The largest absolute Gasteiger partial charge is 0.486 e. The lowest BCUT2D eigenvalue weighted by molar-refractivity contribution is 0.103. The van der Waals surface area contributed by atoms with Gasteiger partial charge in [-0.2, -0.15) is 0 Å². The van der Waals surface area contributed by atoms with Gasteiger partial charge in [0, 0.05) is 17.2 Å². The highest BCUT2D eigenvalue weighted by molar-refractivity contribution is 9.12. The molecule has 3 rings (SSSR count). The van der Waals surface area contributed by atoms with E-state index in [0.29, 0.717) is 40.9 Å². The van der Waals surface area contributed by atoms with Crippen LogP contribution in [0.5, 0.6) is 11.5 Å². The van der Waals surface area contributed by atoms with Crippen LogP contribution >= 0.6 is 54.8 Å². The van der Waals surface area contributed by atoms with Crippen LogP contribution in [0.25, 0.3) is 0 Å². The Labute approximate surface area is 141 Å². The van der Waals surface area contributed by atoms with Gasteiger partial charge in [-0.15, -0.1) is 11.3 Å². The number of ether oxygens (including phenoxy) is 2. The number of rotatable bonds is 2. The van der Waals surface area contributed by atoms with Crippen molar-refractivity contribution in [3.05, 3.63) is 41.9 Å². The summed E-state index contributed by atoms with van der Waals surface area (Å²) < 4.78 is 12.6. The summed E-state index contributed by atoms with van der Waals surface area (Å²) >= 11 is 14.4. The van der Waals surface area contributed by atoms with E-state index in [1.165, 1.54) is 11.3 Å². The SMILES string of the molecule is O=C(c1cc2c(cc1Cl)OCCO2)c1cc(Br)sc1Br. The van der Waals surface area contributed by atoms with Crippen LogP contribution in [0.1, 0.15) is 15.9 Å². The van der Waals surface area contributed by atoms with E-state index in [0.717, 1.165) is 7.57 Å². The van der Waals surface area contributed by atoms with E-state index in [1.807, 2.05) is 0 Å². The molecule has 104 valence electrons. The Balaban J connectivity index is 2.05. The molecule has 1 aromatic heterocycles. The predicted molar refractivity (Wildman–Crippen MR) is 85.6 cm³/mol. The molecule has 0 aliphatic carbocycles. The first kappa shape index (κ1) is 14.4. The maximum absolute atomic E-state index is 12.6. The molecule has 0 fully saturated rings. The number of carbonyl (C=O) groups excluding carboxylic acids is 1. The second kappa shape index (κ2) is 5.67. The molecule has 0 radical (unpaired) electrons. The lowest BCUT2D eigenvalue weighted by atomic mass is 10.1. The molecule has 0 N–H and O–H groups in total. The highest BCUT2D eigenvalue weighted by atomic mass is 79.9. The molecular weight excluding hydrogens is 431 g/mol. The molecular formula is C13H7Br2ClO3S. The molecule has 1 aliphatic rings. The fourth-order valence-electron chi connectivity index (χ4n) is 1.88. The molecule has 0 saturated carbocycles. The average Bonchev–Trinajstić information content (AvgIpc) is 2.76. The first-order valence-electron chi connectivity index (χ1n) is 5.65. The quantitative estimate of drug-likeness (QED) is 0.624. The molecule has 0 atom stereocenters. The summed E-state index contributed by atoms with van der Waals surface area (Å²) in [7, 11) is 0. The lowest BCUT2D eigenvalue weighted by Gasteiger charge is -2.19. The highest BCUT2D eigenvalue weighted by Crippen LogP contribution is 2.38. The highest BCUT2D eigenvalue weighted by Gasteiger charge is 2.22. The van der Waals surface area contributed by atoms with Gasteiger partial charge < -0.3 is 9.47 Å². The Morgan fingerprint density at radius 2 is 1.75 bits per heavy atom. The second-order valence-corrected chi connectivity index (χ2v) is 8.20. The van der Waals surface area contributed by atoms with Gasteiger partial charge in [-0.05, 0) is 44.0 Å². The minimum Gasteiger partial charge on any atom is -0.486 e. The second-order valence-electron chi connectivity index (χ2n) is 4.04. The van der Waals surface area contributed by atoms with Crippen molar-refractivity contribution >= 4 is 60.6 Å². The van der Waals surface area contributed by atoms with Crippen LogP contribution in [0.15, 0.2) is 25.8 Å². The van der Waals surface area contributed by atoms with Crippen molar-refractivity contribution in [2.24, 2.45) is 0 Å². The van der Waals surface area contributed by atoms with Crippen LogP contribution in [0.2, 0.25) is 5.02 Å². The van der Waals surface area contributed by atoms with Gasteiger partial charge in [0.25, 0.3) is 0 Å². The van der Waals surface area contributed by atoms with E-state index in [2.05, 4.69) is 31.9 Å². The molecule has 1 aromatic carbocycles. The van der Waals surface area contributed by atoms with Gasteiger partial charge in [-0.3, -0.25) is 4.79 Å². The number of fused-ring (bicyclic) bond motifs is 1. The smallest absolute Gasteiger partial charge is 0.196 e. The van der Waals surface area contributed by atoms with Gasteiger partial charge in [0.1, 0.15) is 13.2 Å². The Kier molecular flexibility index (Phi) is 4.08. The fraction of sp³-hybridized carbons (Fsp3) is 0.154. The minimum absolute atomic E-state index is 0.152. The van der Waals surface area contributed by atoms with Crippen LogP contribution in [-0.2, 0) is 0 Å². The van der Waals surface area contributed by atoms with Crippen molar-refractivity contribution < 1.29 is 14.3 Å². The predicted octanol–water partition coefficient (Wildman–Crippen LogP) is 4.93. The molecule has 2 heterocycles. The number of carbonyl (C=O) groups is 1. The van der Waals surface area contributed by atoms with E-state index >= 15 is 0 Å². The zero-order valence-corrected chi connectivity index (χ0v) is 14.7. The number of halogens is 3. The van der Waals surface area contributed by atoms with Crippen LogP contribution in [0.3, 0.4) is 0 Å². The Morgan fingerprint density at radius 1 is 1.10 bits per heavy atom. The van der Waals surface area contributed by atoms with E-state index in [4.69, 9.17) is 21.1 Å². The Bertz CT molecular complexity index is 699. The van der Waals surface area contributed by atoms with E-state index in [1.54, 1.807) is 18.2 Å². The van der Waals surface area contributed by atoms with Crippen LogP contribution in [0.4, 0.5) is 0 Å². The summed E-state index contributed by atoms with van der Waals surface area (Å²) in [6, 6.07) is 5.03. The Morgan fingerprint density at radius 3 is 2.35 bits per heavy atom. The summed E-state index contributed by atoms with van der Waals surface area (Å²) in [5, 5.41) is 0.355. The Hall–Kier alpha value is -0.560. The molecule has 7 heteroatoms. The third-order valence-electron chi connectivity index (χ3n) is 2.78. The van der Waals surface area contributed by atoms with Crippen molar-refractivity contribution in [3.63, 3.8) is 0 Å². The van der Waals surface area contributed by atoms with Crippen molar-refractivity contribution in [3.8, 4) is 11.5 Å².